The molecule has 4 rings (SSSR count). The van der Waals surface area contributed by atoms with E-state index in [1.807, 2.05) is 42.5 Å². The Hall–Kier alpha value is -4.35. The predicted molar refractivity (Wildman–Crippen MR) is 139 cm³/mol. The molecular weight excluding hydrogens is 530 g/mol. The van der Waals surface area contributed by atoms with Gasteiger partial charge in [-0.1, -0.05) is 48.0 Å². The van der Waals surface area contributed by atoms with Gasteiger partial charge in [0.1, 0.15) is 0 Å². The van der Waals surface area contributed by atoms with E-state index in [0.717, 1.165) is 21.4 Å². The van der Waals surface area contributed by atoms with Crippen LogP contribution in [0, 0.1) is 6.92 Å². The lowest BCUT2D eigenvalue weighted by molar-refractivity contribution is -0.156. The number of esters is 1. The molecule has 0 saturated carbocycles. The molecule has 2 unspecified atom stereocenters. The number of aryl methyl sites for hydroxylation is 2. The molecule has 11 nitrogen and oxygen atoms in total. The zero-order valence-electron chi connectivity index (χ0n) is 21.1. The normalized spacial score (nSPS) is 12.6. The monoisotopic (exact) mass is 555 g/mol. The topological polar surface area (TPSA) is 157 Å². The Morgan fingerprint density at radius 1 is 1.13 bits per heavy atom. The SMILES string of the molecule is Cc1oc(=O)oc1COC(=O)C(O)CC(Cc1ccc(-c2cccc(Cl)c2)cc1)NC(=O)c1cc(O)n(C)n1. The number of ether oxygens (including phenoxy) is 1. The number of hydrogen-bond donors (Lipinski definition) is 3. The number of halogens is 1. The molecule has 3 N–H and O–H groups in total. The molecule has 2 aromatic heterocycles. The van der Waals surface area contributed by atoms with Crippen LogP contribution in [0.25, 0.3) is 11.1 Å². The number of carbonyl (C=O) groups excluding carboxylic acids is 2. The van der Waals surface area contributed by atoms with Crippen molar-refractivity contribution in [1.82, 2.24) is 15.1 Å². The molecule has 2 heterocycles. The first-order valence-corrected chi connectivity index (χ1v) is 12.3. The van der Waals surface area contributed by atoms with Crippen molar-refractivity contribution >= 4 is 23.5 Å². The van der Waals surface area contributed by atoms with Gasteiger partial charge in [0.05, 0.1) is 0 Å². The summed E-state index contributed by atoms with van der Waals surface area (Å²) in [6, 6.07) is 15.5. The molecule has 0 aliphatic rings. The third-order valence-electron chi connectivity index (χ3n) is 5.98. The summed E-state index contributed by atoms with van der Waals surface area (Å²) in [5.74, 6) is -2.50. The van der Waals surface area contributed by atoms with Gasteiger partial charge >= 0.3 is 11.8 Å². The lowest BCUT2D eigenvalue weighted by Gasteiger charge is -2.21. The first kappa shape index (κ1) is 27.7. The second kappa shape index (κ2) is 12.0. The van der Waals surface area contributed by atoms with Gasteiger partial charge in [0.25, 0.3) is 5.91 Å². The molecule has 4 aromatic rings. The van der Waals surface area contributed by atoms with Gasteiger partial charge in [0.2, 0.25) is 5.88 Å². The number of aromatic nitrogens is 2. The zero-order valence-corrected chi connectivity index (χ0v) is 21.8. The van der Waals surface area contributed by atoms with Gasteiger partial charge in [-0.3, -0.25) is 4.79 Å². The Morgan fingerprint density at radius 3 is 2.49 bits per heavy atom. The molecule has 0 aliphatic heterocycles. The first-order valence-electron chi connectivity index (χ1n) is 11.9. The van der Waals surface area contributed by atoms with Crippen LogP contribution in [0.3, 0.4) is 0 Å². The number of aromatic hydroxyl groups is 1. The number of nitrogens with one attached hydrogen (secondary N) is 1. The third kappa shape index (κ3) is 7.15. The molecule has 204 valence electrons. The third-order valence-corrected chi connectivity index (χ3v) is 6.21. The van der Waals surface area contributed by atoms with E-state index in [1.165, 1.54) is 20.0 Å². The number of nitrogens with zero attached hydrogens (tertiary/aromatic N) is 2. The molecule has 0 fully saturated rings. The Kier molecular flexibility index (Phi) is 8.52. The molecule has 0 saturated heterocycles. The standard InChI is InChI=1S/C27H26ClN3O8/c1-15-23(39-27(36)38-15)14-37-26(35)22(32)12-20(29-25(34)21-13-24(33)31(2)30-21)10-16-6-8-17(9-7-16)18-4-3-5-19(28)11-18/h3-9,11,13,20,22,32-33H,10,12,14H2,1-2H3,(H,29,34). The van der Waals surface area contributed by atoms with Crippen molar-refractivity contribution in [2.45, 2.75) is 38.5 Å². The zero-order chi connectivity index (χ0) is 28.1. The predicted octanol–water partition coefficient (Wildman–Crippen LogP) is 3.14. The summed E-state index contributed by atoms with van der Waals surface area (Å²) in [7, 11) is 1.48. The lowest BCUT2D eigenvalue weighted by atomic mass is 9.97. The maximum absolute atomic E-state index is 12.8. The summed E-state index contributed by atoms with van der Waals surface area (Å²) in [6.45, 7) is 1.08. The fourth-order valence-corrected chi connectivity index (χ4v) is 4.10. The average molecular weight is 556 g/mol. The van der Waals surface area contributed by atoms with Gasteiger partial charge in [0.15, 0.2) is 29.9 Å². The second-order valence-corrected chi connectivity index (χ2v) is 9.32. The molecule has 2 atom stereocenters. The van der Waals surface area contributed by atoms with Crippen molar-refractivity contribution in [2.75, 3.05) is 0 Å². The number of hydrogen-bond acceptors (Lipinski definition) is 9. The Bertz CT molecular complexity index is 1500. The van der Waals surface area contributed by atoms with Gasteiger partial charge < -0.3 is 29.1 Å². The van der Waals surface area contributed by atoms with Crippen molar-refractivity contribution in [2.24, 2.45) is 7.05 Å². The van der Waals surface area contributed by atoms with Gasteiger partial charge in [-0.25, -0.2) is 14.3 Å². The quantitative estimate of drug-likeness (QED) is 0.250. The van der Waals surface area contributed by atoms with Crippen LogP contribution in [-0.2, 0) is 29.6 Å². The van der Waals surface area contributed by atoms with Crippen LogP contribution in [0.2, 0.25) is 5.02 Å². The first-order chi connectivity index (χ1) is 18.6. The van der Waals surface area contributed by atoms with Gasteiger partial charge in [-0.15, -0.1) is 0 Å². The van der Waals surface area contributed by atoms with Gasteiger partial charge in [-0.05, 0) is 42.2 Å². The van der Waals surface area contributed by atoms with E-state index in [9.17, 15) is 24.6 Å². The van der Waals surface area contributed by atoms with Crippen molar-refractivity contribution in [1.29, 1.82) is 0 Å². The molecule has 0 spiro atoms. The average Bonchev–Trinajstić information content (AvgIpc) is 3.41. The number of benzene rings is 2. The summed E-state index contributed by atoms with van der Waals surface area (Å²) in [5.41, 5.74) is 2.68. The number of amides is 1. The highest BCUT2D eigenvalue weighted by molar-refractivity contribution is 6.30. The Morgan fingerprint density at radius 2 is 1.87 bits per heavy atom. The highest BCUT2D eigenvalue weighted by Gasteiger charge is 2.26. The summed E-state index contributed by atoms with van der Waals surface area (Å²) < 4.78 is 15.7. The van der Waals surface area contributed by atoms with E-state index >= 15 is 0 Å². The Balaban J connectivity index is 1.47. The van der Waals surface area contributed by atoms with Crippen LogP contribution in [0.5, 0.6) is 5.88 Å². The van der Waals surface area contributed by atoms with Crippen molar-refractivity contribution < 1.29 is 33.4 Å². The van der Waals surface area contributed by atoms with E-state index in [0.29, 0.717) is 5.02 Å². The minimum absolute atomic E-state index is 0.0279. The molecule has 39 heavy (non-hydrogen) atoms. The summed E-state index contributed by atoms with van der Waals surface area (Å²) in [4.78, 5) is 36.5. The fraction of sp³-hybridized carbons (Fsp3) is 0.259. The van der Waals surface area contributed by atoms with Crippen LogP contribution in [-0.4, -0.2) is 44.0 Å². The van der Waals surface area contributed by atoms with E-state index < -0.39 is 36.5 Å². The molecule has 0 aliphatic carbocycles. The van der Waals surface area contributed by atoms with Crippen LogP contribution in [0.4, 0.5) is 0 Å². The number of rotatable bonds is 10. The maximum Gasteiger partial charge on any atom is 0.519 e. The van der Waals surface area contributed by atoms with E-state index in [-0.39, 0.29) is 35.9 Å². The number of carbonyl (C=O) groups is 2. The molecule has 0 bridgehead atoms. The van der Waals surface area contributed by atoms with Gasteiger partial charge in [0, 0.05) is 30.6 Å². The highest BCUT2D eigenvalue weighted by Crippen LogP contribution is 2.24. The molecule has 1 amide bonds. The summed E-state index contributed by atoms with van der Waals surface area (Å²) >= 11 is 6.10. The minimum Gasteiger partial charge on any atom is -0.493 e. The van der Waals surface area contributed by atoms with Crippen LogP contribution < -0.4 is 11.1 Å². The largest absolute Gasteiger partial charge is 0.519 e. The van der Waals surface area contributed by atoms with Crippen molar-refractivity contribution in [3.63, 3.8) is 0 Å². The smallest absolute Gasteiger partial charge is 0.493 e. The molecular formula is C27H26ClN3O8. The van der Waals surface area contributed by atoms with Crippen LogP contribution >= 0.6 is 11.6 Å². The maximum atomic E-state index is 12.8. The summed E-state index contributed by atoms with van der Waals surface area (Å²) in [6.07, 6.45) is -1.52. The number of aliphatic hydroxyl groups is 1. The lowest BCUT2D eigenvalue weighted by Crippen LogP contribution is -2.41. The van der Waals surface area contributed by atoms with E-state index in [1.54, 1.807) is 6.07 Å². The summed E-state index contributed by atoms with van der Waals surface area (Å²) in [5, 5.41) is 27.7. The minimum atomic E-state index is -1.60. The number of aliphatic hydroxyl groups excluding tert-OH is 1. The van der Waals surface area contributed by atoms with E-state index in [4.69, 9.17) is 25.2 Å². The molecule has 0 radical (unpaired) electrons. The van der Waals surface area contributed by atoms with Crippen molar-refractivity contribution in [3.8, 4) is 17.0 Å². The van der Waals surface area contributed by atoms with Crippen LogP contribution in [0.15, 0.2) is 68.2 Å². The van der Waals surface area contributed by atoms with Crippen LogP contribution in [0.1, 0.15) is 34.0 Å². The fourth-order valence-electron chi connectivity index (χ4n) is 3.91. The Labute approximate surface area is 227 Å². The van der Waals surface area contributed by atoms with E-state index in [2.05, 4.69) is 10.4 Å². The molecule has 2 aromatic carbocycles. The van der Waals surface area contributed by atoms with Crippen molar-refractivity contribution in [3.05, 3.63) is 93.0 Å². The second-order valence-electron chi connectivity index (χ2n) is 8.89. The molecule has 12 heteroatoms. The van der Waals surface area contributed by atoms with Gasteiger partial charge in [-0.2, -0.15) is 5.10 Å². The highest BCUT2D eigenvalue weighted by atomic mass is 35.5.